The fourth-order valence-electron chi connectivity index (χ4n) is 3.46. The van der Waals surface area contributed by atoms with Crippen molar-refractivity contribution in [1.82, 2.24) is 10.6 Å². The molecule has 0 aromatic rings. The Hall–Kier alpha value is -1.14. The molecule has 22 heavy (non-hydrogen) atoms. The van der Waals surface area contributed by atoms with E-state index in [2.05, 4.69) is 10.6 Å². The predicted octanol–water partition coefficient (Wildman–Crippen LogP) is 0.728. The van der Waals surface area contributed by atoms with E-state index in [1.54, 1.807) is 0 Å². The van der Waals surface area contributed by atoms with Crippen LogP contribution in [0.5, 0.6) is 0 Å². The van der Waals surface area contributed by atoms with Crippen LogP contribution in [0.2, 0.25) is 0 Å². The van der Waals surface area contributed by atoms with Gasteiger partial charge in [0, 0.05) is 19.4 Å². The minimum Gasteiger partial charge on any atom is -0.394 e. The normalized spacial score (nSPS) is 29.3. The van der Waals surface area contributed by atoms with Crippen LogP contribution in [0.3, 0.4) is 0 Å². The molecule has 0 unspecified atom stereocenters. The minimum absolute atomic E-state index is 0.0334. The van der Waals surface area contributed by atoms with Crippen molar-refractivity contribution >= 4 is 11.8 Å². The minimum atomic E-state index is -0.354. The standard InChI is InChI=1S/C16H28N2O4/c1-11(20)18-14-7-6-13(22-15(14)10-19)8-9-17-16(21)12-4-2-3-5-12/h12-15,19H,2-10H2,1H3,(H,17,21)(H,18,20)/t13-,14+,15-/m1/s1. The summed E-state index contributed by atoms with van der Waals surface area (Å²) in [6.07, 6.45) is 6.40. The molecule has 0 radical (unpaired) electrons. The molecule has 1 heterocycles. The first-order chi connectivity index (χ1) is 10.6. The van der Waals surface area contributed by atoms with Gasteiger partial charge in [0.05, 0.1) is 18.8 Å². The molecule has 6 nitrogen and oxygen atoms in total. The highest BCUT2D eigenvalue weighted by atomic mass is 16.5. The Labute approximate surface area is 132 Å². The molecule has 3 atom stereocenters. The van der Waals surface area contributed by atoms with Crippen LogP contribution in [0.25, 0.3) is 0 Å². The van der Waals surface area contributed by atoms with Gasteiger partial charge in [-0.2, -0.15) is 0 Å². The average Bonchev–Trinajstić information content (AvgIpc) is 3.02. The third-order valence-electron chi connectivity index (χ3n) is 4.68. The zero-order valence-electron chi connectivity index (χ0n) is 13.3. The predicted molar refractivity (Wildman–Crippen MR) is 82.2 cm³/mol. The molecular formula is C16H28N2O4. The molecule has 1 saturated carbocycles. The molecule has 1 aliphatic heterocycles. The number of amides is 2. The summed E-state index contributed by atoms with van der Waals surface area (Å²) >= 11 is 0. The van der Waals surface area contributed by atoms with Crippen LogP contribution >= 0.6 is 0 Å². The third kappa shape index (κ3) is 4.95. The molecule has 2 rings (SSSR count). The van der Waals surface area contributed by atoms with E-state index >= 15 is 0 Å². The fraction of sp³-hybridized carbons (Fsp3) is 0.875. The van der Waals surface area contributed by atoms with Gasteiger partial charge in [0.1, 0.15) is 6.10 Å². The molecule has 126 valence electrons. The second-order valence-corrected chi connectivity index (χ2v) is 6.42. The number of ether oxygens (including phenoxy) is 1. The molecule has 1 aliphatic carbocycles. The van der Waals surface area contributed by atoms with Crippen molar-refractivity contribution in [3.8, 4) is 0 Å². The molecule has 2 aliphatic rings. The monoisotopic (exact) mass is 312 g/mol. The lowest BCUT2D eigenvalue weighted by Crippen LogP contribution is -2.50. The summed E-state index contributed by atoms with van der Waals surface area (Å²) < 4.78 is 5.84. The van der Waals surface area contributed by atoms with Crippen LogP contribution < -0.4 is 10.6 Å². The highest BCUT2D eigenvalue weighted by molar-refractivity contribution is 5.78. The number of nitrogens with one attached hydrogen (secondary N) is 2. The lowest BCUT2D eigenvalue weighted by molar-refractivity contribution is -0.128. The molecule has 1 saturated heterocycles. The summed E-state index contributed by atoms with van der Waals surface area (Å²) in [5.74, 6) is 0.263. The Balaban J connectivity index is 1.68. The second-order valence-electron chi connectivity index (χ2n) is 6.42. The number of aliphatic hydroxyl groups is 1. The first kappa shape index (κ1) is 17.2. The van der Waals surface area contributed by atoms with E-state index in [9.17, 15) is 14.7 Å². The molecule has 3 N–H and O–H groups in total. The number of hydrogen-bond acceptors (Lipinski definition) is 4. The van der Waals surface area contributed by atoms with Crippen molar-refractivity contribution in [1.29, 1.82) is 0 Å². The zero-order valence-corrected chi connectivity index (χ0v) is 13.3. The molecule has 2 amide bonds. The van der Waals surface area contributed by atoms with E-state index in [1.807, 2.05) is 0 Å². The summed E-state index contributed by atoms with van der Waals surface area (Å²) in [6, 6.07) is -0.119. The van der Waals surface area contributed by atoms with Crippen molar-refractivity contribution < 1.29 is 19.4 Å². The summed E-state index contributed by atoms with van der Waals surface area (Å²) in [5, 5.41) is 15.2. The summed E-state index contributed by atoms with van der Waals surface area (Å²) in [4.78, 5) is 23.1. The first-order valence-electron chi connectivity index (χ1n) is 8.41. The van der Waals surface area contributed by atoms with E-state index in [0.717, 1.165) is 44.9 Å². The molecule has 0 bridgehead atoms. The van der Waals surface area contributed by atoms with Gasteiger partial charge in [0.25, 0.3) is 0 Å². The topological polar surface area (TPSA) is 87.7 Å². The Morgan fingerprint density at radius 3 is 2.55 bits per heavy atom. The van der Waals surface area contributed by atoms with Gasteiger partial charge in [0.15, 0.2) is 0 Å². The van der Waals surface area contributed by atoms with Crippen molar-refractivity contribution in [2.24, 2.45) is 5.92 Å². The maximum atomic E-state index is 11.9. The lowest BCUT2D eigenvalue weighted by Gasteiger charge is -2.36. The lowest BCUT2D eigenvalue weighted by atomic mass is 9.97. The van der Waals surface area contributed by atoms with E-state index in [-0.39, 0.29) is 42.6 Å². The summed E-state index contributed by atoms with van der Waals surface area (Å²) in [5.41, 5.74) is 0. The van der Waals surface area contributed by atoms with Gasteiger partial charge in [-0.15, -0.1) is 0 Å². The van der Waals surface area contributed by atoms with E-state index < -0.39 is 0 Å². The van der Waals surface area contributed by atoms with Gasteiger partial charge in [-0.1, -0.05) is 12.8 Å². The maximum absolute atomic E-state index is 11.9. The highest BCUT2D eigenvalue weighted by Gasteiger charge is 2.31. The van der Waals surface area contributed by atoms with Crippen LogP contribution in [0.15, 0.2) is 0 Å². The molecule has 6 heteroatoms. The maximum Gasteiger partial charge on any atom is 0.223 e. The van der Waals surface area contributed by atoms with Crippen molar-refractivity contribution in [2.45, 2.75) is 70.1 Å². The van der Waals surface area contributed by atoms with Crippen LogP contribution in [-0.2, 0) is 14.3 Å². The van der Waals surface area contributed by atoms with Gasteiger partial charge in [-0.05, 0) is 32.1 Å². The van der Waals surface area contributed by atoms with Gasteiger partial charge in [0.2, 0.25) is 11.8 Å². The fourth-order valence-corrected chi connectivity index (χ4v) is 3.46. The van der Waals surface area contributed by atoms with Crippen LogP contribution in [0, 0.1) is 5.92 Å². The van der Waals surface area contributed by atoms with E-state index in [0.29, 0.717) is 6.54 Å². The van der Waals surface area contributed by atoms with Crippen LogP contribution in [0.4, 0.5) is 0 Å². The first-order valence-corrected chi connectivity index (χ1v) is 8.41. The molecule has 2 fully saturated rings. The molecular weight excluding hydrogens is 284 g/mol. The number of carbonyl (C=O) groups is 2. The highest BCUT2D eigenvalue weighted by Crippen LogP contribution is 2.25. The Kier molecular flexibility index (Phi) is 6.64. The van der Waals surface area contributed by atoms with Crippen molar-refractivity contribution in [3.05, 3.63) is 0 Å². The SMILES string of the molecule is CC(=O)N[C@H]1CC[C@H](CCNC(=O)C2CCCC2)O[C@@H]1CO. The zero-order chi connectivity index (χ0) is 15.9. The van der Waals surface area contributed by atoms with Gasteiger partial charge in [-0.25, -0.2) is 0 Å². The number of rotatable bonds is 6. The summed E-state index contributed by atoms with van der Waals surface area (Å²) in [7, 11) is 0. The Morgan fingerprint density at radius 1 is 1.18 bits per heavy atom. The molecule has 0 spiro atoms. The largest absolute Gasteiger partial charge is 0.394 e. The second kappa shape index (κ2) is 8.48. The van der Waals surface area contributed by atoms with E-state index in [4.69, 9.17) is 4.74 Å². The van der Waals surface area contributed by atoms with Gasteiger partial charge >= 0.3 is 0 Å². The molecule has 0 aromatic carbocycles. The Morgan fingerprint density at radius 2 is 1.91 bits per heavy atom. The Bertz CT molecular complexity index is 382. The van der Waals surface area contributed by atoms with Gasteiger partial charge < -0.3 is 20.5 Å². The molecule has 0 aromatic heterocycles. The smallest absolute Gasteiger partial charge is 0.223 e. The number of aliphatic hydroxyl groups excluding tert-OH is 1. The van der Waals surface area contributed by atoms with Crippen LogP contribution in [-0.4, -0.2) is 48.3 Å². The van der Waals surface area contributed by atoms with E-state index in [1.165, 1.54) is 6.92 Å². The number of hydrogen-bond donors (Lipinski definition) is 3. The van der Waals surface area contributed by atoms with Crippen molar-refractivity contribution in [3.63, 3.8) is 0 Å². The average molecular weight is 312 g/mol. The van der Waals surface area contributed by atoms with Gasteiger partial charge in [-0.3, -0.25) is 9.59 Å². The van der Waals surface area contributed by atoms with Crippen LogP contribution in [0.1, 0.15) is 51.9 Å². The van der Waals surface area contributed by atoms with Crippen molar-refractivity contribution in [2.75, 3.05) is 13.2 Å². The third-order valence-corrected chi connectivity index (χ3v) is 4.68. The quantitative estimate of drug-likeness (QED) is 0.674. The summed E-state index contributed by atoms with van der Waals surface area (Å²) in [6.45, 7) is 1.98. The number of carbonyl (C=O) groups excluding carboxylic acids is 2.